The Morgan fingerprint density at radius 3 is 2.72 bits per heavy atom. The molecule has 2 heterocycles. The summed E-state index contributed by atoms with van der Waals surface area (Å²) < 4.78 is 0. The summed E-state index contributed by atoms with van der Waals surface area (Å²) in [7, 11) is 2.14. The van der Waals surface area contributed by atoms with Gasteiger partial charge in [-0.15, -0.1) is 11.3 Å². The molecule has 2 aromatic heterocycles. The molecule has 0 radical (unpaired) electrons. The maximum Gasteiger partial charge on any atom is 0.0561 e. The summed E-state index contributed by atoms with van der Waals surface area (Å²) in [4.78, 5) is 7.70. The van der Waals surface area contributed by atoms with Crippen molar-refractivity contribution >= 4 is 11.3 Å². The highest BCUT2D eigenvalue weighted by molar-refractivity contribution is 7.10. The number of nitrogens with zero attached hydrogens (tertiary/aromatic N) is 2. The maximum absolute atomic E-state index is 5.89. The van der Waals surface area contributed by atoms with Crippen LogP contribution in [0.1, 0.15) is 16.5 Å². The predicted molar refractivity (Wildman–Crippen MR) is 76.7 cm³/mol. The number of nitrogens with two attached hydrogens (primary N) is 1. The maximum atomic E-state index is 5.89. The van der Waals surface area contributed by atoms with Gasteiger partial charge in [0.2, 0.25) is 0 Å². The minimum atomic E-state index is 0.326. The molecular formula is C14H19N3S. The Morgan fingerprint density at radius 1 is 1.33 bits per heavy atom. The summed E-state index contributed by atoms with van der Waals surface area (Å²) in [6, 6.07) is 8.70. The molecule has 96 valence electrons. The average molecular weight is 261 g/mol. The zero-order chi connectivity index (χ0) is 12.8. The molecule has 0 spiro atoms. The Morgan fingerprint density at radius 2 is 2.11 bits per heavy atom. The zero-order valence-electron chi connectivity index (χ0n) is 10.6. The van der Waals surface area contributed by atoms with Crippen molar-refractivity contribution < 1.29 is 0 Å². The van der Waals surface area contributed by atoms with E-state index in [0.717, 1.165) is 13.0 Å². The van der Waals surface area contributed by atoms with Gasteiger partial charge in [-0.1, -0.05) is 6.07 Å². The van der Waals surface area contributed by atoms with E-state index in [4.69, 9.17) is 5.73 Å². The Labute approximate surface area is 112 Å². The molecule has 0 aliphatic heterocycles. The van der Waals surface area contributed by atoms with Crippen LogP contribution < -0.4 is 5.73 Å². The third kappa shape index (κ3) is 3.38. The lowest BCUT2D eigenvalue weighted by atomic mass is 10.1. The van der Waals surface area contributed by atoms with Crippen molar-refractivity contribution in [2.45, 2.75) is 12.5 Å². The highest BCUT2D eigenvalue weighted by atomic mass is 32.1. The topological polar surface area (TPSA) is 42.2 Å². The standard InChI is InChI=1S/C14H19N3S/c1-17(9-6-12-4-7-16-8-5-12)13(11-15)14-3-2-10-18-14/h2-5,7-8,10,13H,6,9,11,15H2,1H3. The highest BCUT2D eigenvalue weighted by Crippen LogP contribution is 2.23. The fraction of sp³-hybridized carbons (Fsp3) is 0.357. The first-order chi connectivity index (χ1) is 8.81. The molecule has 0 aliphatic carbocycles. The number of pyridine rings is 1. The van der Waals surface area contributed by atoms with Crippen LogP contribution in [0, 0.1) is 0 Å². The fourth-order valence-corrected chi connectivity index (χ4v) is 2.91. The number of rotatable bonds is 6. The summed E-state index contributed by atoms with van der Waals surface area (Å²) in [5.74, 6) is 0. The molecule has 2 rings (SSSR count). The van der Waals surface area contributed by atoms with Gasteiger partial charge in [0.05, 0.1) is 6.04 Å². The van der Waals surface area contributed by atoms with E-state index in [-0.39, 0.29) is 0 Å². The van der Waals surface area contributed by atoms with Crippen molar-refractivity contribution in [1.82, 2.24) is 9.88 Å². The third-order valence-electron chi connectivity index (χ3n) is 3.13. The fourth-order valence-electron chi connectivity index (χ4n) is 2.00. The normalized spacial score (nSPS) is 12.8. The van der Waals surface area contributed by atoms with Crippen LogP contribution >= 0.6 is 11.3 Å². The predicted octanol–water partition coefficient (Wildman–Crippen LogP) is 2.32. The average Bonchev–Trinajstić information content (AvgIpc) is 2.92. The van der Waals surface area contributed by atoms with Gasteiger partial charge in [-0.2, -0.15) is 0 Å². The third-order valence-corrected chi connectivity index (χ3v) is 4.10. The van der Waals surface area contributed by atoms with Crippen molar-refractivity contribution in [3.8, 4) is 0 Å². The first-order valence-corrected chi connectivity index (χ1v) is 7.02. The van der Waals surface area contributed by atoms with Crippen LogP contribution in [0.15, 0.2) is 42.0 Å². The lowest BCUT2D eigenvalue weighted by molar-refractivity contribution is 0.256. The summed E-state index contributed by atoms with van der Waals surface area (Å²) in [5.41, 5.74) is 7.21. The molecular weight excluding hydrogens is 242 g/mol. The Bertz CT molecular complexity index is 441. The zero-order valence-corrected chi connectivity index (χ0v) is 11.4. The molecule has 0 amide bonds. The van der Waals surface area contributed by atoms with Crippen molar-refractivity contribution in [2.75, 3.05) is 20.1 Å². The number of likely N-dealkylation sites (N-methyl/N-ethyl adjacent to an activating group) is 1. The molecule has 18 heavy (non-hydrogen) atoms. The molecule has 1 atom stereocenters. The van der Waals surface area contributed by atoms with Gasteiger partial charge in [-0.25, -0.2) is 0 Å². The molecule has 0 saturated heterocycles. The molecule has 0 bridgehead atoms. The van der Waals surface area contributed by atoms with E-state index in [1.54, 1.807) is 11.3 Å². The van der Waals surface area contributed by atoms with Crippen LogP contribution in [-0.4, -0.2) is 30.0 Å². The Balaban J connectivity index is 1.92. The molecule has 0 fully saturated rings. The van der Waals surface area contributed by atoms with Gasteiger partial charge in [-0.05, 0) is 42.6 Å². The second kappa shape index (κ2) is 6.64. The van der Waals surface area contributed by atoms with E-state index in [2.05, 4.69) is 46.6 Å². The van der Waals surface area contributed by atoms with E-state index in [1.165, 1.54) is 10.4 Å². The molecule has 0 saturated carbocycles. The van der Waals surface area contributed by atoms with Crippen LogP contribution in [-0.2, 0) is 6.42 Å². The second-order valence-corrected chi connectivity index (χ2v) is 5.33. The van der Waals surface area contributed by atoms with Crippen molar-refractivity contribution in [3.05, 3.63) is 52.5 Å². The SMILES string of the molecule is CN(CCc1ccncc1)C(CN)c1cccs1. The van der Waals surface area contributed by atoms with Gasteiger partial charge in [0.25, 0.3) is 0 Å². The Hall–Kier alpha value is -1.23. The van der Waals surface area contributed by atoms with E-state index >= 15 is 0 Å². The minimum Gasteiger partial charge on any atom is -0.329 e. The van der Waals surface area contributed by atoms with E-state index in [9.17, 15) is 0 Å². The van der Waals surface area contributed by atoms with E-state index in [1.807, 2.05) is 12.4 Å². The molecule has 0 aliphatic rings. The van der Waals surface area contributed by atoms with Gasteiger partial charge in [0.1, 0.15) is 0 Å². The number of hydrogen-bond acceptors (Lipinski definition) is 4. The van der Waals surface area contributed by atoms with E-state index < -0.39 is 0 Å². The largest absolute Gasteiger partial charge is 0.329 e. The first-order valence-electron chi connectivity index (χ1n) is 6.14. The second-order valence-electron chi connectivity index (χ2n) is 4.35. The van der Waals surface area contributed by atoms with Crippen molar-refractivity contribution in [2.24, 2.45) is 5.73 Å². The van der Waals surface area contributed by atoms with Gasteiger partial charge in [0.15, 0.2) is 0 Å². The van der Waals surface area contributed by atoms with Crippen molar-refractivity contribution in [1.29, 1.82) is 0 Å². The number of hydrogen-bond donors (Lipinski definition) is 1. The molecule has 2 N–H and O–H groups in total. The smallest absolute Gasteiger partial charge is 0.0561 e. The molecule has 1 unspecified atom stereocenters. The number of aromatic nitrogens is 1. The highest BCUT2D eigenvalue weighted by Gasteiger charge is 2.15. The Kier molecular flexibility index (Phi) is 4.87. The minimum absolute atomic E-state index is 0.326. The quantitative estimate of drug-likeness (QED) is 0.867. The van der Waals surface area contributed by atoms with Crippen LogP contribution in [0.5, 0.6) is 0 Å². The molecule has 3 nitrogen and oxygen atoms in total. The van der Waals surface area contributed by atoms with Crippen molar-refractivity contribution in [3.63, 3.8) is 0 Å². The molecule has 0 aromatic carbocycles. The lowest BCUT2D eigenvalue weighted by Crippen LogP contribution is -2.31. The van der Waals surface area contributed by atoms with Gasteiger partial charge < -0.3 is 5.73 Å². The van der Waals surface area contributed by atoms with Crippen LogP contribution in [0.3, 0.4) is 0 Å². The van der Waals surface area contributed by atoms with Crippen LogP contribution in [0.25, 0.3) is 0 Å². The monoisotopic (exact) mass is 261 g/mol. The summed E-state index contributed by atoms with van der Waals surface area (Å²) >= 11 is 1.77. The summed E-state index contributed by atoms with van der Waals surface area (Å²) in [6.07, 6.45) is 4.71. The van der Waals surface area contributed by atoms with Crippen LogP contribution in [0.4, 0.5) is 0 Å². The number of thiophene rings is 1. The lowest BCUT2D eigenvalue weighted by Gasteiger charge is -2.26. The summed E-state index contributed by atoms with van der Waals surface area (Å²) in [6.45, 7) is 1.66. The van der Waals surface area contributed by atoms with E-state index in [0.29, 0.717) is 12.6 Å². The molecule has 2 aromatic rings. The van der Waals surface area contributed by atoms with Gasteiger partial charge >= 0.3 is 0 Å². The first kappa shape index (κ1) is 13.2. The molecule has 4 heteroatoms. The van der Waals surface area contributed by atoms with Gasteiger partial charge in [0, 0.05) is 30.4 Å². The van der Waals surface area contributed by atoms with Gasteiger partial charge in [-0.3, -0.25) is 9.88 Å². The summed E-state index contributed by atoms with van der Waals surface area (Å²) in [5, 5.41) is 2.11. The van der Waals surface area contributed by atoms with Crippen LogP contribution in [0.2, 0.25) is 0 Å².